The van der Waals surface area contributed by atoms with Gasteiger partial charge in [0.15, 0.2) is 0 Å². The van der Waals surface area contributed by atoms with Gasteiger partial charge in [0.2, 0.25) is 0 Å². The summed E-state index contributed by atoms with van der Waals surface area (Å²) in [5.41, 5.74) is 6.60. The number of nitrogens with one attached hydrogen (secondary N) is 1. The number of carbonyl (C=O) groups excluding carboxylic acids is 1. The molecule has 1 N–H and O–H groups in total. The number of fused-ring (bicyclic) bond motifs is 3. The minimum absolute atomic E-state index is 0.0851. The highest BCUT2D eigenvalue weighted by atomic mass is 16.2. The average molecular weight is 366 g/mol. The monoisotopic (exact) mass is 366 g/mol. The van der Waals surface area contributed by atoms with E-state index < -0.39 is 0 Å². The second kappa shape index (κ2) is 6.68. The first kappa shape index (κ1) is 16.8. The number of aryl methyl sites for hydroxylation is 1. The topological polar surface area (TPSA) is 36.1 Å². The summed E-state index contributed by atoms with van der Waals surface area (Å²) in [4.78, 5) is 19.1. The quantitative estimate of drug-likeness (QED) is 0.516. The van der Waals surface area contributed by atoms with E-state index in [0.29, 0.717) is 6.54 Å². The van der Waals surface area contributed by atoms with Gasteiger partial charge < -0.3 is 9.88 Å². The first-order valence-corrected chi connectivity index (χ1v) is 9.74. The van der Waals surface area contributed by atoms with Gasteiger partial charge in [-0.15, -0.1) is 0 Å². The van der Waals surface area contributed by atoms with Crippen LogP contribution in [0.2, 0.25) is 0 Å². The molecule has 0 bridgehead atoms. The van der Waals surface area contributed by atoms with Gasteiger partial charge >= 0.3 is 0 Å². The van der Waals surface area contributed by atoms with Crippen molar-refractivity contribution >= 4 is 16.8 Å². The molecule has 3 heteroatoms. The Morgan fingerprint density at radius 3 is 2.57 bits per heavy atom. The van der Waals surface area contributed by atoms with Crippen LogP contribution < -0.4 is 0 Å². The highest BCUT2D eigenvalue weighted by molar-refractivity contribution is 5.95. The zero-order valence-corrected chi connectivity index (χ0v) is 15.9. The van der Waals surface area contributed by atoms with Crippen LogP contribution in [0.5, 0.6) is 0 Å². The molecule has 2 heterocycles. The Labute approximate surface area is 164 Å². The SMILES string of the molecule is Cc1cccc(C(=O)N2CCc3c([nH]c4ccccc34)C2c2ccccc2)c1. The van der Waals surface area contributed by atoms with Gasteiger partial charge in [-0.05, 0) is 42.7 Å². The third kappa shape index (κ3) is 2.71. The molecule has 0 saturated heterocycles. The lowest BCUT2D eigenvalue weighted by atomic mass is 9.91. The van der Waals surface area contributed by atoms with Crippen molar-refractivity contribution in [2.45, 2.75) is 19.4 Å². The van der Waals surface area contributed by atoms with Gasteiger partial charge in [-0.1, -0.05) is 66.2 Å². The van der Waals surface area contributed by atoms with Crippen molar-refractivity contribution in [1.82, 2.24) is 9.88 Å². The number of H-pyrrole nitrogens is 1. The minimum atomic E-state index is -0.106. The summed E-state index contributed by atoms with van der Waals surface area (Å²) in [7, 11) is 0. The van der Waals surface area contributed by atoms with Gasteiger partial charge in [0.25, 0.3) is 5.91 Å². The lowest BCUT2D eigenvalue weighted by Crippen LogP contribution is -2.40. The number of para-hydroxylation sites is 1. The standard InChI is InChI=1S/C25H22N2O/c1-17-8-7-11-19(16-17)25(28)27-15-14-21-20-12-5-6-13-22(20)26-23(21)24(27)18-9-3-2-4-10-18/h2-13,16,24,26H,14-15H2,1H3. The first-order chi connectivity index (χ1) is 13.7. The number of benzene rings is 3. The van der Waals surface area contributed by atoms with E-state index >= 15 is 0 Å². The van der Waals surface area contributed by atoms with Crippen molar-refractivity contribution in [2.24, 2.45) is 0 Å². The number of aromatic nitrogens is 1. The molecular formula is C25H22N2O. The van der Waals surface area contributed by atoms with E-state index in [1.54, 1.807) is 0 Å². The van der Waals surface area contributed by atoms with E-state index in [1.165, 1.54) is 10.9 Å². The third-order valence-corrected chi connectivity index (χ3v) is 5.68. The number of carbonyl (C=O) groups is 1. The molecule has 5 rings (SSSR count). The predicted octanol–water partition coefficient (Wildman–Crippen LogP) is 5.26. The molecule has 1 aromatic heterocycles. The zero-order valence-electron chi connectivity index (χ0n) is 15.9. The molecule has 28 heavy (non-hydrogen) atoms. The van der Waals surface area contributed by atoms with E-state index in [0.717, 1.165) is 34.3 Å². The Morgan fingerprint density at radius 1 is 0.964 bits per heavy atom. The summed E-state index contributed by atoms with van der Waals surface area (Å²) in [6.07, 6.45) is 0.861. The summed E-state index contributed by atoms with van der Waals surface area (Å²) in [6.45, 7) is 2.73. The lowest BCUT2D eigenvalue weighted by Gasteiger charge is -2.36. The highest BCUT2D eigenvalue weighted by Crippen LogP contribution is 2.39. The van der Waals surface area contributed by atoms with Gasteiger partial charge in [0.05, 0.1) is 6.04 Å². The van der Waals surface area contributed by atoms with Crippen molar-refractivity contribution in [3.05, 3.63) is 107 Å². The number of nitrogens with zero attached hydrogens (tertiary/aromatic N) is 1. The van der Waals surface area contributed by atoms with Crippen molar-refractivity contribution in [1.29, 1.82) is 0 Å². The molecule has 0 aliphatic carbocycles. The maximum Gasteiger partial charge on any atom is 0.254 e. The van der Waals surface area contributed by atoms with Crippen LogP contribution >= 0.6 is 0 Å². The van der Waals surface area contributed by atoms with Crippen LogP contribution in [-0.4, -0.2) is 22.3 Å². The van der Waals surface area contributed by atoms with Gasteiger partial charge in [-0.25, -0.2) is 0 Å². The van der Waals surface area contributed by atoms with E-state index in [-0.39, 0.29) is 11.9 Å². The number of amides is 1. The molecular weight excluding hydrogens is 344 g/mol. The molecule has 138 valence electrons. The van der Waals surface area contributed by atoms with E-state index in [1.807, 2.05) is 54.3 Å². The fraction of sp³-hybridized carbons (Fsp3) is 0.160. The van der Waals surface area contributed by atoms with Gasteiger partial charge in [0.1, 0.15) is 0 Å². The smallest absolute Gasteiger partial charge is 0.254 e. The predicted molar refractivity (Wildman–Crippen MR) is 113 cm³/mol. The van der Waals surface area contributed by atoms with E-state index in [4.69, 9.17) is 0 Å². The van der Waals surface area contributed by atoms with Crippen molar-refractivity contribution in [3.8, 4) is 0 Å². The molecule has 1 amide bonds. The Bertz CT molecular complexity index is 1160. The molecule has 3 aromatic carbocycles. The molecule has 3 nitrogen and oxygen atoms in total. The van der Waals surface area contributed by atoms with Gasteiger partial charge in [-0.2, -0.15) is 0 Å². The van der Waals surface area contributed by atoms with Crippen LogP contribution in [-0.2, 0) is 6.42 Å². The Hall–Kier alpha value is -3.33. The Balaban J connectivity index is 1.66. The highest BCUT2D eigenvalue weighted by Gasteiger charge is 2.34. The van der Waals surface area contributed by atoms with Crippen molar-refractivity contribution in [3.63, 3.8) is 0 Å². The van der Waals surface area contributed by atoms with Crippen LogP contribution in [0, 0.1) is 6.92 Å². The fourth-order valence-corrected chi connectivity index (χ4v) is 4.39. The number of hydrogen-bond acceptors (Lipinski definition) is 1. The van der Waals surface area contributed by atoms with Gasteiger partial charge in [-0.3, -0.25) is 4.79 Å². The Morgan fingerprint density at radius 2 is 1.75 bits per heavy atom. The van der Waals surface area contributed by atoms with E-state index in [2.05, 4.69) is 41.4 Å². The molecule has 0 radical (unpaired) electrons. The zero-order chi connectivity index (χ0) is 19.1. The maximum absolute atomic E-state index is 13.5. The number of aromatic amines is 1. The normalized spacial score (nSPS) is 16.2. The van der Waals surface area contributed by atoms with Crippen LogP contribution in [0.3, 0.4) is 0 Å². The molecule has 1 unspecified atom stereocenters. The summed E-state index contributed by atoms with van der Waals surface area (Å²) >= 11 is 0. The molecule has 0 saturated carbocycles. The molecule has 4 aromatic rings. The van der Waals surface area contributed by atoms with Gasteiger partial charge in [0, 0.05) is 28.7 Å². The second-order valence-electron chi connectivity index (χ2n) is 7.49. The Kier molecular flexibility index (Phi) is 4.01. The van der Waals surface area contributed by atoms with Crippen LogP contribution in [0.4, 0.5) is 0 Å². The van der Waals surface area contributed by atoms with Crippen molar-refractivity contribution < 1.29 is 4.79 Å². The number of rotatable bonds is 2. The third-order valence-electron chi connectivity index (χ3n) is 5.68. The summed E-state index contributed by atoms with van der Waals surface area (Å²) in [5.74, 6) is 0.0851. The summed E-state index contributed by atoms with van der Waals surface area (Å²) < 4.78 is 0. The first-order valence-electron chi connectivity index (χ1n) is 9.74. The summed E-state index contributed by atoms with van der Waals surface area (Å²) in [5, 5.41) is 1.26. The molecule has 0 spiro atoms. The summed E-state index contributed by atoms with van der Waals surface area (Å²) in [6, 6.07) is 26.5. The fourth-order valence-electron chi connectivity index (χ4n) is 4.39. The van der Waals surface area contributed by atoms with Crippen LogP contribution in [0.15, 0.2) is 78.9 Å². The molecule has 1 aliphatic heterocycles. The maximum atomic E-state index is 13.5. The number of hydrogen-bond donors (Lipinski definition) is 1. The second-order valence-corrected chi connectivity index (χ2v) is 7.49. The van der Waals surface area contributed by atoms with Crippen LogP contribution in [0.1, 0.15) is 38.8 Å². The molecule has 0 fully saturated rings. The van der Waals surface area contributed by atoms with Crippen LogP contribution in [0.25, 0.3) is 10.9 Å². The van der Waals surface area contributed by atoms with Crippen molar-refractivity contribution in [2.75, 3.05) is 6.54 Å². The average Bonchev–Trinajstić information content (AvgIpc) is 3.12. The molecule has 1 atom stereocenters. The van der Waals surface area contributed by atoms with E-state index in [9.17, 15) is 4.79 Å². The molecule has 1 aliphatic rings. The lowest BCUT2D eigenvalue weighted by molar-refractivity contribution is 0.0692. The largest absolute Gasteiger partial charge is 0.356 e. The minimum Gasteiger partial charge on any atom is -0.356 e.